The van der Waals surface area contributed by atoms with E-state index in [-0.39, 0.29) is 33.1 Å². The fraction of sp³-hybridized carbons (Fsp3) is 0.450. The third-order valence-electron chi connectivity index (χ3n) is 6.35. The highest BCUT2D eigenvalue weighted by Crippen LogP contribution is 2.51. The van der Waals surface area contributed by atoms with Crippen LogP contribution in [0.2, 0.25) is 5.02 Å². The predicted octanol–water partition coefficient (Wildman–Crippen LogP) is 3.10. The number of nitrogens with one attached hydrogen (secondary N) is 1. The number of sulfone groups is 1. The first-order valence-electron chi connectivity index (χ1n) is 9.52. The van der Waals surface area contributed by atoms with Gasteiger partial charge in [0.1, 0.15) is 0 Å². The SMILES string of the molecule is C[C@@]1(O)C2CC[C@H]1CC(S(=O)(=O)c1cc(C(=O)Nc3cnccn3)ccc1Cl)C2. The molecule has 1 heterocycles. The van der Waals surface area contributed by atoms with Crippen molar-refractivity contribution in [2.45, 2.75) is 48.4 Å². The number of hydrogen-bond acceptors (Lipinski definition) is 6. The van der Waals surface area contributed by atoms with E-state index in [2.05, 4.69) is 15.3 Å². The van der Waals surface area contributed by atoms with Crippen molar-refractivity contribution in [2.24, 2.45) is 11.8 Å². The van der Waals surface area contributed by atoms with Crippen molar-refractivity contribution in [3.8, 4) is 0 Å². The first-order chi connectivity index (χ1) is 13.7. The van der Waals surface area contributed by atoms with Crippen molar-refractivity contribution in [1.29, 1.82) is 0 Å². The molecule has 4 rings (SSSR count). The molecule has 2 N–H and O–H groups in total. The minimum atomic E-state index is -3.75. The minimum absolute atomic E-state index is 0.0389. The topological polar surface area (TPSA) is 109 Å². The Labute approximate surface area is 174 Å². The van der Waals surface area contributed by atoms with Crippen LogP contribution in [0.4, 0.5) is 5.82 Å². The molecule has 1 amide bonds. The monoisotopic (exact) mass is 435 g/mol. The summed E-state index contributed by atoms with van der Waals surface area (Å²) in [5.74, 6) is -0.306. The summed E-state index contributed by atoms with van der Waals surface area (Å²) in [7, 11) is -3.75. The Kier molecular flexibility index (Phi) is 5.13. The number of aliphatic hydroxyl groups is 1. The van der Waals surface area contributed by atoms with Gasteiger partial charge in [0.15, 0.2) is 15.7 Å². The molecule has 1 aromatic carbocycles. The van der Waals surface area contributed by atoms with Gasteiger partial charge in [-0.3, -0.25) is 9.78 Å². The van der Waals surface area contributed by atoms with Gasteiger partial charge < -0.3 is 10.4 Å². The summed E-state index contributed by atoms with van der Waals surface area (Å²) < 4.78 is 26.7. The summed E-state index contributed by atoms with van der Waals surface area (Å²) in [6.45, 7) is 1.81. The van der Waals surface area contributed by atoms with Crippen LogP contribution in [0.3, 0.4) is 0 Å². The van der Waals surface area contributed by atoms with Crippen LogP contribution in [0.25, 0.3) is 0 Å². The highest BCUT2D eigenvalue weighted by Gasteiger charge is 2.53. The zero-order valence-corrected chi connectivity index (χ0v) is 17.4. The summed E-state index contributed by atoms with van der Waals surface area (Å²) in [6.07, 6.45) is 6.79. The molecule has 154 valence electrons. The van der Waals surface area contributed by atoms with Crippen molar-refractivity contribution >= 4 is 33.2 Å². The number of benzene rings is 1. The fourth-order valence-electron chi connectivity index (χ4n) is 4.61. The van der Waals surface area contributed by atoms with E-state index < -0.39 is 26.6 Å². The third-order valence-corrected chi connectivity index (χ3v) is 9.01. The van der Waals surface area contributed by atoms with E-state index in [9.17, 15) is 18.3 Å². The number of fused-ring (bicyclic) bond motifs is 2. The number of hydrogen-bond donors (Lipinski definition) is 2. The van der Waals surface area contributed by atoms with E-state index in [4.69, 9.17) is 11.6 Å². The Bertz CT molecular complexity index is 1030. The number of aromatic nitrogens is 2. The van der Waals surface area contributed by atoms with E-state index in [0.717, 1.165) is 12.8 Å². The van der Waals surface area contributed by atoms with Crippen LogP contribution < -0.4 is 5.32 Å². The van der Waals surface area contributed by atoms with Gasteiger partial charge in [-0.1, -0.05) is 11.6 Å². The van der Waals surface area contributed by atoms with Crippen LogP contribution in [0.15, 0.2) is 41.7 Å². The lowest BCUT2D eigenvalue weighted by molar-refractivity contribution is -0.0413. The molecule has 2 saturated carbocycles. The first-order valence-corrected chi connectivity index (χ1v) is 11.4. The van der Waals surface area contributed by atoms with Gasteiger partial charge in [0.2, 0.25) is 0 Å². The normalized spacial score (nSPS) is 28.9. The largest absolute Gasteiger partial charge is 0.390 e. The Morgan fingerprint density at radius 2 is 1.93 bits per heavy atom. The van der Waals surface area contributed by atoms with Crippen LogP contribution in [-0.4, -0.2) is 40.3 Å². The van der Waals surface area contributed by atoms with Crippen molar-refractivity contribution in [3.05, 3.63) is 47.4 Å². The molecule has 0 aliphatic heterocycles. The Morgan fingerprint density at radius 3 is 2.55 bits per heavy atom. The average Bonchev–Trinajstić information content (AvgIpc) is 2.86. The molecule has 0 spiro atoms. The van der Waals surface area contributed by atoms with Gasteiger partial charge in [-0.25, -0.2) is 13.4 Å². The maximum atomic E-state index is 13.4. The maximum Gasteiger partial charge on any atom is 0.256 e. The molecule has 0 saturated heterocycles. The van der Waals surface area contributed by atoms with E-state index in [1.165, 1.54) is 36.8 Å². The van der Waals surface area contributed by atoms with E-state index in [1.807, 2.05) is 6.92 Å². The van der Waals surface area contributed by atoms with Gasteiger partial charge in [0, 0.05) is 18.0 Å². The molecular weight excluding hydrogens is 414 g/mol. The van der Waals surface area contributed by atoms with Crippen LogP contribution in [0, 0.1) is 11.8 Å². The molecule has 0 radical (unpaired) electrons. The van der Waals surface area contributed by atoms with E-state index >= 15 is 0 Å². The minimum Gasteiger partial charge on any atom is -0.390 e. The molecule has 2 aliphatic carbocycles. The zero-order valence-electron chi connectivity index (χ0n) is 15.9. The Morgan fingerprint density at radius 1 is 1.24 bits per heavy atom. The fourth-order valence-corrected chi connectivity index (χ4v) is 7.01. The number of halogens is 1. The molecule has 29 heavy (non-hydrogen) atoms. The van der Waals surface area contributed by atoms with Gasteiger partial charge in [-0.15, -0.1) is 0 Å². The number of carbonyl (C=O) groups is 1. The lowest BCUT2D eigenvalue weighted by Crippen LogP contribution is -2.45. The van der Waals surface area contributed by atoms with Crippen molar-refractivity contribution in [3.63, 3.8) is 0 Å². The number of amides is 1. The van der Waals surface area contributed by atoms with Gasteiger partial charge in [0.05, 0.1) is 27.0 Å². The zero-order chi connectivity index (χ0) is 20.8. The van der Waals surface area contributed by atoms with Crippen LogP contribution in [0.1, 0.15) is 43.0 Å². The Balaban J connectivity index is 1.61. The molecule has 4 atom stereocenters. The summed E-state index contributed by atoms with van der Waals surface area (Å²) in [5.41, 5.74) is -0.640. The van der Waals surface area contributed by atoms with Crippen molar-refractivity contribution in [2.75, 3.05) is 5.32 Å². The lowest BCUT2D eigenvalue weighted by atomic mass is 9.76. The smallest absolute Gasteiger partial charge is 0.256 e. The van der Waals surface area contributed by atoms with E-state index in [1.54, 1.807) is 0 Å². The summed E-state index contributed by atoms with van der Waals surface area (Å²) >= 11 is 6.23. The average molecular weight is 436 g/mol. The van der Waals surface area contributed by atoms with E-state index in [0.29, 0.717) is 12.8 Å². The molecule has 2 unspecified atom stereocenters. The van der Waals surface area contributed by atoms with Crippen LogP contribution in [-0.2, 0) is 9.84 Å². The van der Waals surface area contributed by atoms with Crippen LogP contribution in [0.5, 0.6) is 0 Å². The summed E-state index contributed by atoms with van der Waals surface area (Å²) in [4.78, 5) is 20.3. The molecule has 2 aromatic rings. The van der Waals surface area contributed by atoms with Crippen molar-refractivity contribution < 1.29 is 18.3 Å². The number of anilines is 1. The van der Waals surface area contributed by atoms with Gasteiger partial charge in [0.25, 0.3) is 5.91 Å². The molecule has 2 aliphatic rings. The molecular formula is C20H22ClN3O4S. The number of carbonyl (C=O) groups excluding carboxylic acids is 1. The molecule has 9 heteroatoms. The standard InChI is InChI=1S/C20H22ClN3O4S/c1-20(26)13-3-4-14(20)10-15(9-13)29(27,28)17-8-12(2-5-16(17)21)19(25)24-18-11-22-6-7-23-18/h2,5-8,11,13-15,26H,3-4,9-10H2,1H3,(H,23,24,25)/t13-,14?,15?,20-/m0/s1. The molecule has 2 fully saturated rings. The number of nitrogens with zero attached hydrogens (tertiary/aromatic N) is 2. The van der Waals surface area contributed by atoms with Crippen LogP contribution >= 0.6 is 11.6 Å². The first kappa shape index (κ1) is 20.3. The summed E-state index contributed by atoms with van der Waals surface area (Å²) in [5, 5.41) is 12.7. The molecule has 2 bridgehead atoms. The highest BCUT2D eigenvalue weighted by atomic mass is 35.5. The second-order valence-corrected chi connectivity index (χ2v) is 10.6. The second kappa shape index (κ2) is 7.34. The second-order valence-electron chi connectivity index (χ2n) is 8.03. The lowest BCUT2D eigenvalue weighted by Gasteiger charge is -2.40. The van der Waals surface area contributed by atoms with Gasteiger partial charge in [-0.2, -0.15) is 0 Å². The third kappa shape index (κ3) is 3.65. The predicted molar refractivity (Wildman–Crippen MR) is 108 cm³/mol. The van der Waals surface area contributed by atoms with Crippen molar-refractivity contribution in [1.82, 2.24) is 9.97 Å². The number of rotatable bonds is 4. The van der Waals surface area contributed by atoms with Gasteiger partial charge in [-0.05, 0) is 62.6 Å². The molecule has 1 aromatic heterocycles. The van der Waals surface area contributed by atoms with Gasteiger partial charge >= 0.3 is 0 Å². The molecule has 7 nitrogen and oxygen atoms in total. The highest BCUT2D eigenvalue weighted by molar-refractivity contribution is 7.92. The quantitative estimate of drug-likeness (QED) is 0.763. The maximum absolute atomic E-state index is 13.4. The Hall–Kier alpha value is -2.03. The summed E-state index contributed by atoms with van der Waals surface area (Å²) in [6, 6.07) is 4.22.